The molecule has 1 nitrogen and oxygen atoms in total. The second-order valence-electron chi connectivity index (χ2n) is 5.12. The maximum Gasteiger partial charge on any atom is 0.155 e. The Labute approximate surface area is 81.2 Å². The minimum Gasteiger partial charge on any atom is -0.295 e. The zero-order chi connectivity index (χ0) is 10.1. The summed E-state index contributed by atoms with van der Waals surface area (Å²) < 4.78 is 0. The summed E-state index contributed by atoms with van der Waals surface area (Å²) in [5, 5.41) is 0. The van der Waals surface area contributed by atoms with Crippen LogP contribution in [0.5, 0.6) is 0 Å². The summed E-state index contributed by atoms with van der Waals surface area (Å²) in [7, 11) is 0. The van der Waals surface area contributed by atoms with E-state index in [0.717, 1.165) is 19.3 Å². The van der Waals surface area contributed by atoms with E-state index in [-0.39, 0.29) is 5.41 Å². The molecule has 0 saturated heterocycles. The van der Waals surface area contributed by atoms with Gasteiger partial charge in [0.15, 0.2) is 5.78 Å². The molecule has 0 saturated carbocycles. The van der Waals surface area contributed by atoms with E-state index in [1.165, 1.54) is 5.57 Å². The fourth-order valence-electron chi connectivity index (χ4n) is 1.83. The highest BCUT2D eigenvalue weighted by molar-refractivity contribution is 5.91. The second kappa shape index (κ2) is 3.65. The Bertz CT molecular complexity index is 234. The number of carbonyl (C=O) groups is 1. The van der Waals surface area contributed by atoms with Crippen molar-refractivity contribution in [3.63, 3.8) is 0 Å². The van der Waals surface area contributed by atoms with E-state index < -0.39 is 0 Å². The van der Waals surface area contributed by atoms with E-state index >= 15 is 0 Å². The van der Waals surface area contributed by atoms with E-state index in [4.69, 9.17) is 0 Å². The SMILES string of the molecule is CC(C)CC1=CC(=O)CCC1(C)C. The molecule has 1 aliphatic carbocycles. The first-order chi connectivity index (χ1) is 5.92. The first-order valence-electron chi connectivity index (χ1n) is 5.16. The van der Waals surface area contributed by atoms with Crippen molar-refractivity contribution in [2.45, 2.75) is 47.0 Å². The third-order valence-corrected chi connectivity index (χ3v) is 2.83. The predicted octanol–water partition coefficient (Wildman–Crippen LogP) is 3.35. The number of ketones is 1. The summed E-state index contributed by atoms with van der Waals surface area (Å²) >= 11 is 0. The van der Waals surface area contributed by atoms with Crippen LogP contribution in [-0.2, 0) is 4.79 Å². The van der Waals surface area contributed by atoms with Crippen molar-refractivity contribution >= 4 is 5.78 Å². The lowest BCUT2D eigenvalue weighted by molar-refractivity contribution is -0.115. The molecule has 0 amide bonds. The smallest absolute Gasteiger partial charge is 0.155 e. The average molecular weight is 180 g/mol. The topological polar surface area (TPSA) is 17.1 Å². The molecular formula is C12H20O. The quantitative estimate of drug-likeness (QED) is 0.637. The van der Waals surface area contributed by atoms with E-state index in [1.54, 1.807) is 0 Å². The monoisotopic (exact) mass is 180 g/mol. The van der Waals surface area contributed by atoms with Crippen molar-refractivity contribution in [3.8, 4) is 0 Å². The van der Waals surface area contributed by atoms with Crippen LogP contribution in [0.25, 0.3) is 0 Å². The van der Waals surface area contributed by atoms with Crippen molar-refractivity contribution in [3.05, 3.63) is 11.6 Å². The van der Waals surface area contributed by atoms with Crippen molar-refractivity contribution in [2.24, 2.45) is 11.3 Å². The Kier molecular flexibility index (Phi) is 2.94. The van der Waals surface area contributed by atoms with Crippen molar-refractivity contribution in [1.82, 2.24) is 0 Å². The van der Waals surface area contributed by atoms with Gasteiger partial charge in [0, 0.05) is 6.42 Å². The van der Waals surface area contributed by atoms with Gasteiger partial charge in [0.1, 0.15) is 0 Å². The van der Waals surface area contributed by atoms with Gasteiger partial charge in [-0.2, -0.15) is 0 Å². The molecule has 0 bridgehead atoms. The third kappa shape index (κ3) is 2.68. The first-order valence-corrected chi connectivity index (χ1v) is 5.16. The van der Waals surface area contributed by atoms with Crippen LogP contribution in [-0.4, -0.2) is 5.78 Å². The zero-order valence-corrected chi connectivity index (χ0v) is 9.18. The molecule has 1 heteroatoms. The van der Waals surface area contributed by atoms with Gasteiger partial charge in [0.05, 0.1) is 0 Å². The summed E-state index contributed by atoms with van der Waals surface area (Å²) in [5.41, 5.74) is 1.59. The largest absolute Gasteiger partial charge is 0.295 e. The maximum atomic E-state index is 11.3. The van der Waals surface area contributed by atoms with Gasteiger partial charge in [0.2, 0.25) is 0 Å². The molecule has 0 radical (unpaired) electrons. The van der Waals surface area contributed by atoms with Crippen LogP contribution in [0.4, 0.5) is 0 Å². The fraction of sp³-hybridized carbons (Fsp3) is 0.750. The molecule has 0 unspecified atom stereocenters. The molecule has 0 atom stereocenters. The van der Waals surface area contributed by atoms with Gasteiger partial charge in [-0.05, 0) is 30.3 Å². The summed E-state index contributed by atoms with van der Waals surface area (Å²) in [6, 6.07) is 0. The molecule has 1 rings (SSSR count). The molecule has 13 heavy (non-hydrogen) atoms. The lowest BCUT2D eigenvalue weighted by atomic mass is 9.73. The van der Waals surface area contributed by atoms with Gasteiger partial charge >= 0.3 is 0 Å². The lowest BCUT2D eigenvalue weighted by Crippen LogP contribution is -2.22. The van der Waals surface area contributed by atoms with Crippen LogP contribution >= 0.6 is 0 Å². The van der Waals surface area contributed by atoms with Gasteiger partial charge in [0.25, 0.3) is 0 Å². The van der Waals surface area contributed by atoms with Crippen molar-refractivity contribution in [1.29, 1.82) is 0 Å². The molecule has 0 heterocycles. The van der Waals surface area contributed by atoms with Gasteiger partial charge in [-0.3, -0.25) is 4.79 Å². The first kappa shape index (κ1) is 10.5. The lowest BCUT2D eigenvalue weighted by Gasteiger charge is -2.32. The summed E-state index contributed by atoms with van der Waals surface area (Å²) in [5.74, 6) is 0.964. The highest BCUT2D eigenvalue weighted by Crippen LogP contribution is 2.38. The molecule has 0 aromatic carbocycles. The van der Waals surface area contributed by atoms with Gasteiger partial charge < -0.3 is 0 Å². The molecule has 0 fully saturated rings. The Hall–Kier alpha value is -0.590. The van der Waals surface area contributed by atoms with Crippen LogP contribution in [0.15, 0.2) is 11.6 Å². The summed E-state index contributed by atoms with van der Waals surface area (Å²) in [6.45, 7) is 8.90. The van der Waals surface area contributed by atoms with Gasteiger partial charge in [-0.25, -0.2) is 0 Å². The predicted molar refractivity (Wildman–Crippen MR) is 55.6 cm³/mol. The summed E-state index contributed by atoms with van der Waals surface area (Å²) in [6.07, 6.45) is 4.70. The Morgan fingerprint density at radius 2 is 2.08 bits per heavy atom. The summed E-state index contributed by atoms with van der Waals surface area (Å²) in [4.78, 5) is 11.3. The number of hydrogen-bond acceptors (Lipinski definition) is 1. The molecule has 0 aromatic rings. The zero-order valence-electron chi connectivity index (χ0n) is 9.18. The third-order valence-electron chi connectivity index (χ3n) is 2.83. The number of rotatable bonds is 2. The van der Waals surface area contributed by atoms with Crippen molar-refractivity contribution in [2.75, 3.05) is 0 Å². The minimum atomic E-state index is 0.248. The van der Waals surface area contributed by atoms with E-state index in [2.05, 4.69) is 27.7 Å². The number of hydrogen-bond donors (Lipinski definition) is 0. The Balaban J connectivity index is 2.81. The Morgan fingerprint density at radius 1 is 1.46 bits per heavy atom. The normalized spacial score (nSPS) is 21.9. The van der Waals surface area contributed by atoms with Crippen LogP contribution in [0, 0.1) is 11.3 Å². The molecule has 0 spiro atoms. The molecule has 0 aromatic heterocycles. The highest BCUT2D eigenvalue weighted by atomic mass is 16.1. The van der Waals surface area contributed by atoms with Crippen molar-refractivity contribution < 1.29 is 4.79 Å². The van der Waals surface area contributed by atoms with E-state index in [1.807, 2.05) is 6.08 Å². The van der Waals surface area contributed by atoms with Gasteiger partial charge in [-0.15, -0.1) is 0 Å². The average Bonchev–Trinajstić information content (AvgIpc) is 1.97. The van der Waals surface area contributed by atoms with E-state index in [9.17, 15) is 4.79 Å². The standard InChI is InChI=1S/C12H20O/c1-9(2)7-10-8-11(13)5-6-12(10,3)4/h8-9H,5-7H2,1-4H3. The fourth-order valence-corrected chi connectivity index (χ4v) is 1.83. The molecule has 74 valence electrons. The van der Waals surface area contributed by atoms with Crippen LogP contribution in [0.3, 0.4) is 0 Å². The number of carbonyl (C=O) groups excluding carboxylic acids is 1. The highest BCUT2D eigenvalue weighted by Gasteiger charge is 2.28. The van der Waals surface area contributed by atoms with Crippen LogP contribution in [0.1, 0.15) is 47.0 Å². The van der Waals surface area contributed by atoms with E-state index in [0.29, 0.717) is 11.7 Å². The molecular weight excluding hydrogens is 160 g/mol. The van der Waals surface area contributed by atoms with Crippen LogP contribution < -0.4 is 0 Å². The molecule has 1 aliphatic rings. The van der Waals surface area contributed by atoms with Crippen LogP contribution in [0.2, 0.25) is 0 Å². The molecule has 0 aliphatic heterocycles. The Morgan fingerprint density at radius 3 is 2.62 bits per heavy atom. The minimum absolute atomic E-state index is 0.248. The second-order valence-corrected chi connectivity index (χ2v) is 5.12. The maximum absolute atomic E-state index is 11.3. The van der Waals surface area contributed by atoms with Gasteiger partial charge in [-0.1, -0.05) is 33.3 Å². The molecule has 0 N–H and O–H groups in total. The number of allylic oxidation sites excluding steroid dienone is 2.